The van der Waals surface area contributed by atoms with Crippen LogP contribution in [0.4, 0.5) is 5.69 Å². The molecule has 1 aromatic carbocycles. The largest absolute Gasteiger partial charge is 0.369 e. The highest BCUT2D eigenvalue weighted by Gasteiger charge is 2.47. The second kappa shape index (κ2) is 1.75. The molecule has 1 fully saturated rings. The molecule has 1 aliphatic heterocycles. The number of thioether (sulfide) groups is 1. The lowest BCUT2D eigenvalue weighted by atomic mass is 10.3. The standard InChI is InChI=1S/C9H9NS/c1-2-4-8-7(3-1)10-9(11-8)5-6-9/h1-4,10H,5-6H2. The van der Waals surface area contributed by atoms with Gasteiger partial charge in [-0.3, -0.25) is 0 Å². The van der Waals surface area contributed by atoms with E-state index in [9.17, 15) is 0 Å². The van der Waals surface area contributed by atoms with Crippen LogP contribution in [0.25, 0.3) is 0 Å². The zero-order valence-corrected chi connectivity index (χ0v) is 6.95. The minimum absolute atomic E-state index is 0.420. The van der Waals surface area contributed by atoms with Crippen molar-refractivity contribution in [2.24, 2.45) is 0 Å². The fraction of sp³-hybridized carbons (Fsp3) is 0.333. The highest BCUT2D eigenvalue weighted by molar-refractivity contribution is 8.01. The van der Waals surface area contributed by atoms with Crippen LogP contribution in [0, 0.1) is 0 Å². The third kappa shape index (κ3) is 0.791. The number of nitrogens with one attached hydrogen (secondary N) is 1. The van der Waals surface area contributed by atoms with Crippen LogP contribution in [0.3, 0.4) is 0 Å². The van der Waals surface area contributed by atoms with Crippen LogP contribution in [-0.2, 0) is 0 Å². The first-order valence-electron chi connectivity index (χ1n) is 3.94. The molecule has 1 saturated carbocycles. The van der Waals surface area contributed by atoms with Crippen LogP contribution >= 0.6 is 11.8 Å². The van der Waals surface area contributed by atoms with E-state index in [0.717, 1.165) is 0 Å². The summed E-state index contributed by atoms with van der Waals surface area (Å²) in [4.78, 5) is 1.84. The highest BCUT2D eigenvalue weighted by atomic mass is 32.2. The van der Waals surface area contributed by atoms with E-state index in [2.05, 4.69) is 29.6 Å². The van der Waals surface area contributed by atoms with E-state index in [1.54, 1.807) is 0 Å². The Hall–Kier alpha value is -0.630. The van der Waals surface area contributed by atoms with Crippen molar-refractivity contribution in [3.8, 4) is 0 Å². The molecule has 1 aliphatic carbocycles. The summed E-state index contributed by atoms with van der Waals surface area (Å²) >= 11 is 1.99. The summed E-state index contributed by atoms with van der Waals surface area (Å²) in [6, 6.07) is 8.55. The molecule has 0 atom stereocenters. The van der Waals surface area contributed by atoms with Crippen LogP contribution in [-0.4, -0.2) is 4.87 Å². The monoisotopic (exact) mass is 163 g/mol. The van der Waals surface area contributed by atoms with Gasteiger partial charge in [-0.05, 0) is 25.0 Å². The maximum absolute atomic E-state index is 3.55. The Labute approximate surface area is 70.2 Å². The summed E-state index contributed by atoms with van der Waals surface area (Å²) < 4.78 is 0. The van der Waals surface area contributed by atoms with Gasteiger partial charge in [0.05, 0.1) is 4.87 Å². The summed E-state index contributed by atoms with van der Waals surface area (Å²) in [5.74, 6) is 0. The van der Waals surface area contributed by atoms with E-state index < -0.39 is 0 Å². The molecule has 1 spiro atoms. The van der Waals surface area contributed by atoms with Crippen molar-refractivity contribution in [1.29, 1.82) is 0 Å². The zero-order chi connectivity index (χ0) is 7.31. The molecule has 0 aromatic heterocycles. The molecule has 1 aromatic rings. The molecule has 2 heteroatoms. The van der Waals surface area contributed by atoms with Gasteiger partial charge in [0, 0.05) is 10.6 Å². The topological polar surface area (TPSA) is 12.0 Å². The van der Waals surface area contributed by atoms with Crippen molar-refractivity contribution in [2.45, 2.75) is 22.6 Å². The van der Waals surface area contributed by atoms with E-state index >= 15 is 0 Å². The summed E-state index contributed by atoms with van der Waals surface area (Å²) in [7, 11) is 0. The van der Waals surface area contributed by atoms with Gasteiger partial charge in [-0.25, -0.2) is 0 Å². The van der Waals surface area contributed by atoms with Crippen molar-refractivity contribution < 1.29 is 0 Å². The highest BCUT2D eigenvalue weighted by Crippen LogP contribution is 2.58. The Balaban J connectivity index is 2.08. The Bertz CT molecular complexity index is 277. The Kier molecular flexibility index (Phi) is 0.946. The quantitative estimate of drug-likeness (QED) is 0.631. The fourth-order valence-electron chi connectivity index (χ4n) is 1.48. The molecule has 0 radical (unpaired) electrons. The average Bonchev–Trinajstić information content (AvgIpc) is 2.66. The van der Waals surface area contributed by atoms with Gasteiger partial charge in [-0.2, -0.15) is 0 Å². The van der Waals surface area contributed by atoms with Gasteiger partial charge in [-0.1, -0.05) is 23.9 Å². The number of rotatable bonds is 0. The maximum atomic E-state index is 3.55. The molecule has 56 valence electrons. The Morgan fingerprint density at radius 2 is 2.09 bits per heavy atom. The molecule has 11 heavy (non-hydrogen) atoms. The summed E-state index contributed by atoms with van der Waals surface area (Å²) in [5, 5.41) is 3.55. The number of hydrogen-bond donors (Lipinski definition) is 1. The van der Waals surface area contributed by atoms with Gasteiger partial charge in [0.25, 0.3) is 0 Å². The minimum Gasteiger partial charge on any atom is -0.369 e. The van der Waals surface area contributed by atoms with Crippen molar-refractivity contribution in [3.63, 3.8) is 0 Å². The number of para-hydroxylation sites is 1. The van der Waals surface area contributed by atoms with Crippen LogP contribution < -0.4 is 5.32 Å². The zero-order valence-electron chi connectivity index (χ0n) is 6.13. The predicted octanol–water partition coefficient (Wildman–Crippen LogP) is 2.69. The fourth-order valence-corrected chi connectivity index (χ4v) is 2.74. The SMILES string of the molecule is c1ccc2c(c1)NC1(CC1)S2. The van der Waals surface area contributed by atoms with Gasteiger partial charge in [0.1, 0.15) is 0 Å². The molecule has 0 saturated heterocycles. The summed E-state index contributed by atoms with van der Waals surface area (Å²) in [5.41, 5.74) is 1.33. The molecular formula is C9H9NS. The second-order valence-electron chi connectivity index (χ2n) is 3.22. The molecule has 1 nitrogen and oxygen atoms in total. The smallest absolute Gasteiger partial charge is 0.0883 e. The maximum Gasteiger partial charge on any atom is 0.0883 e. The van der Waals surface area contributed by atoms with Gasteiger partial charge in [-0.15, -0.1) is 0 Å². The number of anilines is 1. The lowest BCUT2D eigenvalue weighted by Gasteiger charge is -2.03. The second-order valence-corrected chi connectivity index (χ2v) is 4.64. The molecule has 0 amide bonds. The van der Waals surface area contributed by atoms with Crippen LogP contribution in [0.5, 0.6) is 0 Å². The van der Waals surface area contributed by atoms with Gasteiger partial charge in [0.2, 0.25) is 0 Å². The van der Waals surface area contributed by atoms with E-state index in [4.69, 9.17) is 0 Å². The molecule has 0 bridgehead atoms. The van der Waals surface area contributed by atoms with E-state index in [1.165, 1.54) is 23.4 Å². The summed E-state index contributed by atoms with van der Waals surface area (Å²) in [6.07, 6.45) is 2.65. The first kappa shape index (κ1) is 5.95. The number of hydrogen-bond acceptors (Lipinski definition) is 2. The first-order valence-corrected chi connectivity index (χ1v) is 4.76. The average molecular weight is 163 g/mol. The normalized spacial score (nSPS) is 22.9. The molecule has 1 N–H and O–H groups in total. The number of benzene rings is 1. The predicted molar refractivity (Wildman–Crippen MR) is 47.9 cm³/mol. The van der Waals surface area contributed by atoms with Gasteiger partial charge in [0.15, 0.2) is 0 Å². The lowest BCUT2D eigenvalue weighted by Crippen LogP contribution is -2.09. The molecule has 0 unspecified atom stereocenters. The third-order valence-electron chi connectivity index (χ3n) is 2.26. The molecule has 2 aliphatic rings. The van der Waals surface area contributed by atoms with Crippen LogP contribution in [0.2, 0.25) is 0 Å². The van der Waals surface area contributed by atoms with E-state index in [-0.39, 0.29) is 0 Å². The van der Waals surface area contributed by atoms with Gasteiger partial charge < -0.3 is 5.32 Å². The first-order chi connectivity index (χ1) is 5.38. The van der Waals surface area contributed by atoms with Crippen LogP contribution in [0.15, 0.2) is 29.2 Å². The third-order valence-corrected chi connectivity index (χ3v) is 3.74. The van der Waals surface area contributed by atoms with E-state index in [1.807, 2.05) is 11.8 Å². The molecular weight excluding hydrogens is 154 g/mol. The van der Waals surface area contributed by atoms with Crippen molar-refractivity contribution in [1.82, 2.24) is 0 Å². The minimum atomic E-state index is 0.420. The Morgan fingerprint density at radius 1 is 1.27 bits per heavy atom. The molecule has 1 heterocycles. The molecule has 3 rings (SSSR count). The number of fused-ring (bicyclic) bond motifs is 1. The van der Waals surface area contributed by atoms with Crippen LogP contribution in [0.1, 0.15) is 12.8 Å². The van der Waals surface area contributed by atoms with Crippen molar-refractivity contribution in [2.75, 3.05) is 5.32 Å². The lowest BCUT2D eigenvalue weighted by molar-refractivity contribution is 1.09. The van der Waals surface area contributed by atoms with E-state index in [0.29, 0.717) is 4.87 Å². The van der Waals surface area contributed by atoms with Crippen molar-refractivity contribution >= 4 is 17.4 Å². The van der Waals surface area contributed by atoms with Crippen molar-refractivity contribution in [3.05, 3.63) is 24.3 Å². The van der Waals surface area contributed by atoms with Gasteiger partial charge >= 0.3 is 0 Å². The Morgan fingerprint density at radius 3 is 2.82 bits per heavy atom. The summed E-state index contributed by atoms with van der Waals surface area (Å²) in [6.45, 7) is 0.